The third-order valence-electron chi connectivity index (χ3n) is 3.37. The summed E-state index contributed by atoms with van der Waals surface area (Å²) in [6.45, 7) is 1.84. The predicted octanol–water partition coefficient (Wildman–Crippen LogP) is 2.89. The minimum atomic E-state index is -4.64. The number of aromatic nitrogens is 2. The summed E-state index contributed by atoms with van der Waals surface area (Å²) >= 11 is 0. The number of alkyl halides is 3. The van der Waals surface area contributed by atoms with Crippen molar-refractivity contribution in [2.75, 3.05) is 13.1 Å². The molecule has 1 aliphatic heterocycles. The summed E-state index contributed by atoms with van der Waals surface area (Å²) in [6, 6.07) is 6.62. The number of hydrogen-bond acceptors (Lipinski definition) is 5. The zero-order valence-electron chi connectivity index (χ0n) is 11.6. The molecular weight excluding hydrogens is 299 g/mol. The van der Waals surface area contributed by atoms with Crippen LogP contribution in [0.15, 0.2) is 28.8 Å². The largest absolute Gasteiger partial charge is 0.490 e. The maximum atomic E-state index is 12.4. The van der Waals surface area contributed by atoms with Gasteiger partial charge in [-0.3, -0.25) is 0 Å². The van der Waals surface area contributed by atoms with Gasteiger partial charge >= 0.3 is 12.1 Å². The second-order valence-electron chi connectivity index (χ2n) is 5.01. The lowest BCUT2D eigenvalue weighted by atomic mass is 10.1. The Morgan fingerprint density at radius 1 is 1.14 bits per heavy atom. The predicted molar refractivity (Wildman–Crippen MR) is 71.3 cm³/mol. The molecule has 0 saturated carbocycles. The van der Waals surface area contributed by atoms with Crippen molar-refractivity contribution in [3.63, 3.8) is 0 Å². The summed E-state index contributed by atoms with van der Waals surface area (Å²) in [6.07, 6.45) is -2.61. The van der Waals surface area contributed by atoms with Crippen LogP contribution in [0, 0.1) is 0 Å². The minimum absolute atomic E-state index is 0.0965. The van der Waals surface area contributed by atoms with E-state index in [9.17, 15) is 13.2 Å². The SMILES string of the molecule is FC(F)(F)c1nc(-c2ccc(OC3CCNCC3)cc2)no1. The van der Waals surface area contributed by atoms with E-state index in [4.69, 9.17) is 4.74 Å². The first-order chi connectivity index (χ1) is 10.5. The monoisotopic (exact) mass is 313 g/mol. The molecule has 1 aliphatic rings. The van der Waals surface area contributed by atoms with Gasteiger partial charge in [-0.15, -0.1) is 0 Å². The first-order valence-electron chi connectivity index (χ1n) is 6.91. The van der Waals surface area contributed by atoms with Gasteiger partial charge in [-0.25, -0.2) is 0 Å². The molecule has 0 unspecified atom stereocenters. The number of benzene rings is 1. The number of rotatable bonds is 3. The Morgan fingerprint density at radius 3 is 2.41 bits per heavy atom. The lowest BCUT2D eigenvalue weighted by Crippen LogP contribution is -2.34. The summed E-state index contributed by atoms with van der Waals surface area (Å²) in [7, 11) is 0. The van der Waals surface area contributed by atoms with Crippen molar-refractivity contribution < 1.29 is 22.4 Å². The number of halogens is 3. The van der Waals surface area contributed by atoms with Crippen molar-refractivity contribution in [3.05, 3.63) is 30.2 Å². The lowest BCUT2D eigenvalue weighted by molar-refractivity contribution is -0.159. The van der Waals surface area contributed by atoms with Gasteiger partial charge in [0.15, 0.2) is 0 Å². The molecule has 118 valence electrons. The summed E-state index contributed by atoms with van der Waals surface area (Å²) in [5.41, 5.74) is 0.442. The summed E-state index contributed by atoms with van der Waals surface area (Å²) in [5, 5.41) is 6.59. The van der Waals surface area contributed by atoms with Crippen LogP contribution in [-0.2, 0) is 6.18 Å². The molecule has 0 radical (unpaired) electrons. The molecule has 1 saturated heterocycles. The topological polar surface area (TPSA) is 60.2 Å². The minimum Gasteiger partial charge on any atom is -0.490 e. The van der Waals surface area contributed by atoms with Gasteiger partial charge < -0.3 is 14.6 Å². The highest BCUT2D eigenvalue weighted by molar-refractivity contribution is 5.55. The van der Waals surface area contributed by atoms with Crippen LogP contribution in [0.4, 0.5) is 13.2 Å². The van der Waals surface area contributed by atoms with Crippen LogP contribution in [0.1, 0.15) is 18.7 Å². The molecule has 1 N–H and O–H groups in total. The second-order valence-corrected chi connectivity index (χ2v) is 5.01. The first kappa shape index (κ1) is 14.8. The number of ether oxygens (including phenoxy) is 1. The van der Waals surface area contributed by atoms with E-state index in [1.807, 2.05) is 0 Å². The van der Waals surface area contributed by atoms with Crippen LogP contribution in [-0.4, -0.2) is 29.3 Å². The van der Waals surface area contributed by atoms with E-state index in [0.29, 0.717) is 11.3 Å². The van der Waals surface area contributed by atoms with Crippen molar-refractivity contribution in [1.29, 1.82) is 0 Å². The quantitative estimate of drug-likeness (QED) is 0.944. The molecule has 1 fully saturated rings. The first-order valence-corrected chi connectivity index (χ1v) is 6.91. The molecule has 8 heteroatoms. The third kappa shape index (κ3) is 3.38. The van der Waals surface area contributed by atoms with Gasteiger partial charge in [0.2, 0.25) is 5.82 Å². The standard InChI is InChI=1S/C14H14F3N3O2/c15-14(16,17)13-19-12(20-22-13)9-1-3-10(4-2-9)21-11-5-7-18-8-6-11/h1-4,11,18H,5-8H2. The van der Waals surface area contributed by atoms with Crippen LogP contribution < -0.4 is 10.1 Å². The van der Waals surface area contributed by atoms with E-state index in [1.54, 1.807) is 24.3 Å². The average Bonchev–Trinajstić information content (AvgIpc) is 2.99. The van der Waals surface area contributed by atoms with Crippen molar-refractivity contribution in [3.8, 4) is 17.1 Å². The fourth-order valence-electron chi connectivity index (χ4n) is 2.24. The number of piperidine rings is 1. The number of nitrogens with one attached hydrogen (secondary N) is 1. The average molecular weight is 313 g/mol. The summed E-state index contributed by atoms with van der Waals surface area (Å²) < 4.78 is 47.3. The third-order valence-corrected chi connectivity index (χ3v) is 3.37. The van der Waals surface area contributed by atoms with E-state index < -0.39 is 12.1 Å². The Morgan fingerprint density at radius 2 is 1.82 bits per heavy atom. The van der Waals surface area contributed by atoms with Crippen molar-refractivity contribution in [2.45, 2.75) is 25.1 Å². The van der Waals surface area contributed by atoms with E-state index in [-0.39, 0.29) is 11.9 Å². The second kappa shape index (κ2) is 5.96. The summed E-state index contributed by atoms with van der Waals surface area (Å²) in [5.74, 6) is -0.770. The number of nitrogens with zero attached hydrogens (tertiary/aromatic N) is 2. The van der Waals surface area contributed by atoms with Crippen molar-refractivity contribution >= 4 is 0 Å². The molecule has 0 atom stereocenters. The molecule has 3 rings (SSSR count). The Kier molecular flexibility index (Phi) is 4.02. The van der Waals surface area contributed by atoms with Crippen LogP contribution >= 0.6 is 0 Å². The Balaban J connectivity index is 1.69. The maximum Gasteiger partial charge on any atom is 0.471 e. The number of hydrogen-bond donors (Lipinski definition) is 1. The molecule has 0 spiro atoms. The van der Waals surface area contributed by atoms with Gasteiger partial charge in [0.05, 0.1) is 0 Å². The molecule has 5 nitrogen and oxygen atoms in total. The molecule has 1 aromatic carbocycles. The van der Waals surface area contributed by atoms with Crippen LogP contribution in [0.3, 0.4) is 0 Å². The lowest BCUT2D eigenvalue weighted by Gasteiger charge is -2.23. The van der Waals surface area contributed by atoms with Crippen LogP contribution in [0.25, 0.3) is 11.4 Å². The highest BCUT2D eigenvalue weighted by Crippen LogP contribution is 2.29. The molecule has 0 amide bonds. The smallest absolute Gasteiger partial charge is 0.471 e. The molecule has 22 heavy (non-hydrogen) atoms. The molecule has 0 aliphatic carbocycles. The highest BCUT2D eigenvalue weighted by Gasteiger charge is 2.38. The zero-order valence-corrected chi connectivity index (χ0v) is 11.6. The van der Waals surface area contributed by atoms with Gasteiger partial charge in [-0.05, 0) is 50.2 Å². The van der Waals surface area contributed by atoms with Crippen LogP contribution in [0.2, 0.25) is 0 Å². The van der Waals surface area contributed by atoms with Crippen molar-refractivity contribution in [1.82, 2.24) is 15.5 Å². The fourth-order valence-corrected chi connectivity index (χ4v) is 2.24. The van der Waals surface area contributed by atoms with Crippen molar-refractivity contribution in [2.24, 2.45) is 0 Å². The van der Waals surface area contributed by atoms with E-state index in [1.165, 1.54) is 0 Å². The maximum absolute atomic E-state index is 12.4. The Bertz CT molecular complexity index is 619. The van der Waals surface area contributed by atoms with E-state index >= 15 is 0 Å². The van der Waals surface area contributed by atoms with Gasteiger partial charge in [-0.2, -0.15) is 18.2 Å². The van der Waals surface area contributed by atoms with Gasteiger partial charge in [0.1, 0.15) is 11.9 Å². The van der Waals surface area contributed by atoms with Gasteiger partial charge in [0, 0.05) is 5.56 Å². The highest BCUT2D eigenvalue weighted by atomic mass is 19.4. The van der Waals surface area contributed by atoms with Gasteiger partial charge in [-0.1, -0.05) is 5.16 Å². The normalized spacial score (nSPS) is 16.7. The summed E-state index contributed by atoms with van der Waals surface area (Å²) in [4.78, 5) is 3.35. The Labute approximate surface area is 124 Å². The molecule has 1 aromatic heterocycles. The molecule has 2 heterocycles. The fraction of sp³-hybridized carbons (Fsp3) is 0.429. The molecular formula is C14H14F3N3O2. The van der Waals surface area contributed by atoms with E-state index in [2.05, 4.69) is 20.0 Å². The molecule has 2 aromatic rings. The van der Waals surface area contributed by atoms with E-state index in [0.717, 1.165) is 25.9 Å². The zero-order chi connectivity index (χ0) is 15.6. The van der Waals surface area contributed by atoms with Gasteiger partial charge in [0.25, 0.3) is 0 Å². The van der Waals surface area contributed by atoms with Crippen LogP contribution in [0.5, 0.6) is 5.75 Å². The molecule has 0 bridgehead atoms. The Hall–Kier alpha value is -2.09.